The van der Waals surface area contributed by atoms with Crippen LogP contribution in [0.25, 0.3) is 0 Å². The van der Waals surface area contributed by atoms with Gasteiger partial charge in [0.1, 0.15) is 11.5 Å². The molecule has 0 atom stereocenters. The molecule has 1 N–H and O–H groups in total. The maximum Gasteiger partial charge on any atom is 0.147 e. The third kappa shape index (κ3) is 3.17. The molecule has 0 unspecified atom stereocenters. The summed E-state index contributed by atoms with van der Waals surface area (Å²) >= 11 is 1.67. The van der Waals surface area contributed by atoms with E-state index in [4.69, 9.17) is 4.74 Å². The maximum atomic E-state index is 5.86. The fraction of sp³-hybridized carbons (Fsp3) is 0.214. The van der Waals surface area contributed by atoms with Gasteiger partial charge in [0.25, 0.3) is 0 Å². The van der Waals surface area contributed by atoms with Crippen molar-refractivity contribution < 1.29 is 4.74 Å². The Hall–Kier alpha value is -1.68. The summed E-state index contributed by atoms with van der Waals surface area (Å²) in [5.74, 6) is 1.61. The van der Waals surface area contributed by atoms with E-state index in [-0.39, 0.29) is 0 Å². The lowest BCUT2D eigenvalue weighted by Crippen LogP contribution is -1.97. The number of nitrogens with zero attached hydrogens (tertiary/aromatic N) is 1. The molecule has 1 aromatic carbocycles. The van der Waals surface area contributed by atoms with Crippen LogP contribution in [0.1, 0.15) is 6.92 Å². The Bertz CT molecular complexity index is 517. The average molecular weight is 260 g/mol. The summed E-state index contributed by atoms with van der Waals surface area (Å²) in [5, 5.41) is 3.21. The van der Waals surface area contributed by atoms with Gasteiger partial charge in [-0.25, -0.2) is 0 Å². The molecule has 0 aliphatic carbocycles. The number of thioether (sulfide) groups is 1. The number of rotatable bonds is 5. The van der Waals surface area contributed by atoms with E-state index in [9.17, 15) is 0 Å². The highest BCUT2D eigenvalue weighted by molar-refractivity contribution is 7.98. The van der Waals surface area contributed by atoms with Gasteiger partial charge in [-0.1, -0.05) is 12.1 Å². The van der Waals surface area contributed by atoms with Gasteiger partial charge in [-0.2, -0.15) is 0 Å². The minimum atomic E-state index is 0.745. The molecule has 1 heterocycles. The van der Waals surface area contributed by atoms with Gasteiger partial charge in [0.2, 0.25) is 0 Å². The second kappa shape index (κ2) is 6.31. The highest BCUT2D eigenvalue weighted by atomic mass is 32.2. The third-order valence-corrected chi connectivity index (χ3v) is 3.17. The van der Waals surface area contributed by atoms with E-state index < -0.39 is 0 Å². The molecule has 4 heteroatoms. The molecule has 0 bridgehead atoms. The molecule has 2 aromatic rings. The summed E-state index contributed by atoms with van der Waals surface area (Å²) in [6.07, 6.45) is 5.55. The predicted octanol–water partition coefficient (Wildman–Crippen LogP) is 4.03. The van der Waals surface area contributed by atoms with Crippen LogP contribution in [0.15, 0.2) is 47.6 Å². The normalized spacial score (nSPS) is 10.1. The second-order valence-electron chi connectivity index (χ2n) is 3.69. The summed E-state index contributed by atoms with van der Waals surface area (Å²) < 4.78 is 5.86. The molecule has 18 heavy (non-hydrogen) atoms. The van der Waals surface area contributed by atoms with Crippen LogP contribution in [0.4, 0.5) is 5.69 Å². The van der Waals surface area contributed by atoms with Gasteiger partial charge >= 0.3 is 0 Å². The monoisotopic (exact) mass is 260 g/mol. The predicted molar refractivity (Wildman–Crippen MR) is 76.7 cm³/mol. The molecule has 2 rings (SSSR count). The average Bonchev–Trinajstić information content (AvgIpc) is 2.40. The zero-order valence-corrected chi connectivity index (χ0v) is 11.3. The van der Waals surface area contributed by atoms with Gasteiger partial charge in [0, 0.05) is 17.5 Å². The van der Waals surface area contributed by atoms with E-state index in [0.29, 0.717) is 0 Å². The van der Waals surface area contributed by atoms with E-state index >= 15 is 0 Å². The van der Waals surface area contributed by atoms with Gasteiger partial charge in [-0.05, 0) is 25.3 Å². The summed E-state index contributed by atoms with van der Waals surface area (Å²) in [5.41, 5.74) is 0.969. The van der Waals surface area contributed by atoms with Gasteiger partial charge in [-0.3, -0.25) is 4.98 Å². The minimum Gasteiger partial charge on any atom is -0.454 e. The Labute approximate surface area is 112 Å². The van der Waals surface area contributed by atoms with E-state index in [0.717, 1.165) is 28.6 Å². The van der Waals surface area contributed by atoms with E-state index in [1.165, 1.54) is 0 Å². The van der Waals surface area contributed by atoms with Crippen LogP contribution in [-0.2, 0) is 0 Å². The first-order chi connectivity index (χ1) is 8.83. The number of hydrogen-bond donors (Lipinski definition) is 1. The fourth-order valence-electron chi connectivity index (χ4n) is 1.61. The Morgan fingerprint density at radius 2 is 2.11 bits per heavy atom. The molecular formula is C14H16N2OS. The number of pyridine rings is 1. The number of ether oxygens (including phenoxy) is 1. The Balaban J connectivity index is 2.20. The molecule has 0 radical (unpaired) electrons. The number of anilines is 1. The lowest BCUT2D eigenvalue weighted by Gasteiger charge is -2.10. The van der Waals surface area contributed by atoms with Crippen molar-refractivity contribution in [2.75, 3.05) is 18.1 Å². The molecule has 0 saturated carbocycles. The van der Waals surface area contributed by atoms with Crippen molar-refractivity contribution in [3.8, 4) is 11.5 Å². The first-order valence-corrected chi connectivity index (χ1v) is 7.05. The second-order valence-corrected chi connectivity index (χ2v) is 4.54. The van der Waals surface area contributed by atoms with Crippen LogP contribution in [0.3, 0.4) is 0 Å². The Morgan fingerprint density at radius 1 is 1.28 bits per heavy atom. The molecule has 0 aliphatic heterocycles. The lowest BCUT2D eigenvalue weighted by molar-refractivity contribution is 0.469. The van der Waals surface area contributed by atoms with Crippen LogP contribution < -0.4 is 10.1 Å². The van der Waals surface area contributed by atoms with Gasteiger partial charge in [0.05, 0.1) is 18.1 Å². The van der Waals surface area contributed by atoms with Crippen molar-refractivity contribution in [1.29, 1.82) is 0 Å². The zero-order chi connectivity index (χ0) is 12.8. The van der Waals surface area contributed by atoms with E-state index in [1.807, 2.05) is 36.6 Å². The highest BCUT2D eigenvalue weighted by Gasteiger charge is 2.04. The number of para-hydroxylation sites is 1. The summed E-state index contributed by atoms with van der Waals surface area (Å²) in [6.45, 7) is 2.92. The van der Waals surface area contributed by atoms with E-state index in [1.54, 1.807) is 24.2 Å². The van der Waals surface area contributed by atoms with Gasteiger partial charge < -0.3 is 10.1 Å². The van der Waals surface area contributed by atoms with Crippen LogP contribution in [0.5, 0.6) is 11.5 Å². The standard InChI is InChI=1S/C14H16N2OS/c1-3-16-11-8-12(10-15-9-11)17-13-6-4-5-7-14(13)18-2/h4-10,16H,3H2,1-2H3. The van der Waals surface area contributed by atoms with Crippen molar-refractivity contribution in [2.24, 2.45) is 0 Å². The summed E-state index contributed by atoms with van der Waals surface area (Å²) in [6, 6.07) is 9.93. The molecular weight excluding hydrogens is 244 g/mol. The molecule has 1 aromatic heterocycles. The molecule has 0 saturated heterocycles. The number of nitrogens with one attached hydrogen (secondary N) is 1. The first kappa shape index (κ1) is 12.8. The summed E-state index contributed by atoms with van der Waals surface area (Å²) in [7, 11) is 0. The van der Waals surface area contributed by atoms with Crippen molar-refractivity contribution in [3.05, 3.63) is 42.7 Å². The van der Waals surface area contributed by atoms with Gasteiger partial charge in [0.15, 0.2) is 0 Å². The smallest absolute Gasteiger partial charge is 0.147 e. The van der Waals surface area contributed by atoms with Crippen molar-refractivity contribution in [3.63, 3.8) is 0 Å². The van der Waals surface area contributed by atoms with Crippen molar-refractivity contribution in [2.45, 2.75) is 11.8 Å². The van der Waals surface area contributed by atoms with Crippen LogP contribution in [-0.4, -0.2) is 17.8 Å². The molecule has 0 spiro atoms. The fourth-order valence-corrected chi connectivity index (χ4v) is 2.13. The molecule has 0 amide bonds. The molecule has 94 valence electrons. The van der Waals surface area contributed by atoms with Crippen molar-refractivity contribution in [1.82, 2.24) is 4.98 Å². The largest absolute Gasteiger partial charge is 0.454 e. The van der Waals surface area contributed by atoms with E-state index in [2.05, 4.69) is 17.2 Å². The molecule has 0 aliphatic rings. The van der Waals surface area contributed by atoms with Crippen molar-refractivity contribution >= 4 is 17.4 Å². The van der Waals surface area contributed by atoms with Gasteiger partial charge in [-0.15, -0.1) is 11.8 Å². The zero-order valence-electron chi connectivity index (χ0n) is 10.5. The number of hydrogen-bond acceptors (Lipinski definition) is 4. The highest BCUT2D eigenvalue weighted by Crippen LogP contribution is 2.31. The Morgan fingerprint density at radius 3 is 2.89 bits per heavy atom. The van der Waals surface area contributed by atoms with Crippen LogP contribution in [0.2, 0.25) is 0 Å². The molecule has 0 fully saturated rings. The topological polar surface area (TPSA) is 34.2 Å². The Kier molecular flexibility index (Phi) is 4.47. The summed E-state index contributed by atoms with van der Waals surface area (Å²) in [4.78, 5) is 5.28. The quantitative estimate of drug-likeness (QED) is 0.823. The molecule has 3 nitrogen and oxygen atoms in total. The number of benzene rings is 1. The number of aromatic nitrogens is 1. The lowest BCUT2D eigenvalue weighted by atomic mass is 10.3. The van der Waals surface area contributed by atoms with Crippen LogP contribution >= 0.6 is 11.8 Å². The minimum absolute atomic E-state index is 0.745. The van der Waals surface area contributed by atoms with Crippen LogP contribution in [0, 0.1) is 0 Å². The SMILES string of the molecule is CCNc1cncc(Oc2ccccc2SC)c1. The first-order valence-electron chi connectivity index (χ1n) is 5.83. The maximum absolute atomic E-state index is 5.86. The third-order valence-electron chi connectivity index (χ3n) is 2.39.